The minimum atomic E-state index is -2.87. The van der Waals surface area contributed by atoms with Gasteiger partial charge >= 0.3 is 0 Å². The first-order valence-electron chi connectivity index (χ1n) is 6.99. The van der Waals surface area contributed by atoms with Crippen molar-refractivity contribution in [3.8, 4) is 0 Å². The van der Waals surface area contributed by atoms with E-state index in [1.54, 1.807) is 0 Å². The van der Waals surface area contributed by atoms with Crippen molar-refractivity contribution in [3.05, 3.63) is 35.4 Å². The van der Waals surface area contributed by atoms with Crippen molar-refractivity contribution >= 4 is 15.6 Å². The van der Waals surface area contributed by atoms with Crippen LogP contribution in [0, 0.1) is 6.92 Å². The van der Waals surface area contributed by atoms with Gasteiger partial charge in [-0.15, -0.1) is 0 Å². The second kappa shape index (κ2) is 6.50. The summed E-state index contributed by atoms with van der Waals surface area (Å²) in [7, 11) is -2.87. The molecule has 1 fully saturated rings. The highest BCUT2D eigenvalue weighted by molar-refractivity contribution is 7.91. The Kier molecular flexibility index (Phi) is 4.94. The van der Waals surface area contributed by atoms with Crippen LogP contribution in [0.25, 0.3) is 0 Å². The maximum Gasteiger partial charge on any atom is 0.164 e. The van der Waals surface area contributed by atoms with E-state index in [4.69, 9.17) is 0 Å². The fourth-order valence-corrected chi connectivity index (χ4v) is 3.67. The summed E-state index contributed by atoms with van der Waals surface area (Å²) in [6, 6.07) is 7.58. The number of Topliss-reactive ketones (excluding diaryl/α,β-unsaturated/α-hetero) is 1. The number of aryl methyl sites for hydroxylation is 1. The Morgan fingerprint density at radius 2 is 1.85 bits per heavy atom. The predicted molar refractivity (Wildman–Crippen MR) is 79.8 cm³/mol. The van der Waals surface area contributed by atoms with Crippen molar-refractivity contribution < 1.29 is 13.2 Å². The summed E-state index contributed by atoms with van der Waals surface area (Å²) >= 11 is 0. The van der Waals surface area contributed by atoms with Gasteiger partial charge in [0, 0.05) is 25.1 Å². The molecular weight excluding hydrogens is 274 g/mol. The zero-order chi connectivity index (χ0) is 14.6. The molecule has 1 aliphatic rings. The van der Waals surface area contributed by atoms with E-state index in [2.05, 4.69) is 4.90 Å². The zero-order valence-corrected chi connectivity index (χ0v) is 12.7. The van der Waals surface area contributed by atoms with Gasteiger partial charge in [0.1, 0.15) is 0 Å². The van der Waals surface area contributed by atoms with Gasteiger partial charge in [0.05, 0.1) is 11.5 Å². The molecule has 20 heavy (non-hydrogen) atoms. The molecule has 1 heterocycles. The van der Waals surface area contributed by atoms with Gasteiger partial charge in [-0.2, -0.15) is 0 Å². The normalized spacial score (nSPS) is 19.4. The molecule has 4 nitrogen and oxygen atoms in total. The average Bonchev–Trinajstić information content (AvgIpc) is 2.58. The van der Waals surface area contributed by atoms with Crippen molar-refractivity contribution in [1.82, 2.24) is 4.90 Å². The van der Waals surface area contributed by atoms with Crippen LogP contribution in [0.15, 0.2) is 24.3 Å². The fourth-order valence-electron chi connectivity index (χ4n) is 2.36. The molecule has 0 aromatic heterocycles. The molecule has 1 aromatic rings. The van der Waals surface area contributed by atoms with Crippen LogP contribution in [0.5, 0.6) is 0 Å². The van der Waals surface area contributed by atoms with Crippen LogP contribution >= 0.6 is 0 Å². The van der Waals surface area contributed by atoms with Gasteiger partial charge in [0.15, 0.2) is 15.6 Å². The third-order valence-corrected chi connectivity index (χ3v) is 5.39. The van der Waals surface area contributed by atoms with Gasteiger partial charge in [-0.05, 0) is 19.9 Å². The van der Waals surface area contributed by atoms with E-state index >= 15 is 0 Å². The molecular formula is C15H21NO3S. The molecule has 0 N–H and O–H groups in total. The number of rotatable bonds is 4. The fraction of sp³-hybridized carbons (Fsp3) is 0.533. The summed E-state index contributed by atoms with van der Waals surface area (Å²) in [5.41, 5.74) is 1.87. The number of nitrogens with zero attached hydrogens (tertiary/aromatic N) is 1. The second-order valence-corrected chi connectivity index (χ2v) is 7.69. The standard InChI is InChI=1S/C15H21NO3S/c1-13-3-5-14(6-4-13)15(17)7-9-16-8-2-11-20(18,19)12-10-16/h3-6H,2,7-12H2,1H3. The van der Waals surface area contributed by atoms with Gasteiger partial charge in [0.2, 0.25) is 0 Å². The van der Waals surface area contributed by atoms with E-state index in [1.807, 2.05) is 31.2 Å². The van der Waals surface area contributed by atoms with Crippen molar-refractivity contribution in [2.75, 3.05) is 31.1 Å². The summed E-state index contributed by atoms with van der Waals surface area (Å²) < 4.78 is 23.0. The smallest absolute Gasteiger partial charge is 0.164 e. The van der Waals surface area contributed by atoms with Gasteiger partial charge in [-0.3, -0.25) is 4.79 Å². The Morgan fingerprint density at radius 3 is 2.55 bits per heavy atom. The maximum absolute atomic E-state index is 12.1. The number of ketones is 1. The van der Waals surface area contributed by atoms with Gasteiger partial charge < -0.3 is 4.90 Å². The SMILES string of the molecule is Cc1ccc(C(=O)CCN2CCCS(=O)(=O)CC2)cc1. The molecule has 5 heteroatoms. The van der Waals surface area contributed by atoms with E-state index in [0.29, 0.717) is 25.9 Å². The summed E-state index contributed by atoms with van der Waals surface area (Å²) in [5.74, 6) is 0.610. The third kappa shape index (κ3) is 4.42. The molecule has 0 amide bonds. The minimum Gasteiger partial charge on any atom is -0.302 e. The van der Waals surface area contributed by atoms with Crippen LogP contribution in [-0.2, 0) is 9.84 Å². The van der Waals surface area contributed by atoms with E-state index in [0.717, 1.165) is 17.7 Å². The van der Waals surface area contributed by atoms with E-state index in [-0.39, 0.29) is 17.3 Å². The van der Waals surface area contributed by atoms with Crippen LogP contribution in [0.2, 0.25) is 0 Å². The van der Waals surface area contributed by atoms with Crippen molar-refractivity contribution in [1.29, 1.82) is 0 Å². The predicted octanol–water partition coefficient (Wildman–Crippen LogP) is 1.69. The van der Waals surface area contributed by atoms with Gasteiger partial charge in [-0.1, -0.05) is 29.8 Å². The average molecular weight is 295 g/mol. The van der Waals surface area contributed by atoms with E-state index < -0.39 is 9.84 Å². The molecule has 0 bridgehead atoms. The molecule has 0 atom stereocenters. The number of hydrogen-bond acceptors (Lipinski definition) is 4. The minimum absolute atomic E-state index is 0.122. The summed E-state index contributed by atoms with van der Waals surface area (Å²) in [6.07, 6.45) is 1.12. The summed E-state index contributed by atoms with van der Waals surface area (Å²) in [5, 5.41) is 0. The molecule has 2 rings (SSSR count). The number of hydrogen-bond donors (Lipinski definition) is 0. The first-order chi connectivity index (χ1) is 9.46. The zero-order valence-electron chi connectivity index (χ0n) is 11.8. The quantitative estimate of drug-likeness (QED) is 0.793. The summed E-state index contributed by atoms with van der Waals surface area (Å²) in [6.45, 7) is 3.94. The lowest BCUT2D eigenvalue weighted by Crippen LogP contribution is -2.29. The number of carbonyl (C=O) groups excluding carboxylic acids is 1. The van der Waals surface area contributed by atoms with Crippen molar-refractivity contribution in [3.63, 3.8) is 0 Å². The lowest BCUT2D eigenvalue weighted by Gasteiger charge is -2.18. The molecule has 1 aromatic carbocycles. The third-order valence-electron chi connectivity index (χ3n) is 3.68. The Morgan fingerprint density at radius 1 is 1.15 bits per heavy atom. The lowest BCUT2D eigenvalue weighted by molar-refractivity contribution is 0.0966. The van der Waals surface area contributed by atoms with Crippen molar-refractivity contribution in [2.24, 2.45) is 0 Å². The second-order valence-electron chi connectivity index (χ2n) is 5.39. The highest BCUT2D eigenvalue weighted by atomic mass is 32.2. The Bertz CT molecular complexity index is 563. The van der Waals surface area contributed by atoms with Crippen LogP contribution in [0.3, 0.4) is 0 Å². The monoisotopic (exact) mass is 295 g/mol. The van der Waals surface area contributed by atoms with Gasteiger partial charge in [0.25, 0.3) is 0 Å². The van der Waals surface area contributed by atoms with Crippen molar-refractivity contribution in [2.45, 2.75) is 19.8 Å². The topological polar surface area (TPSA) is 54.5 Å². The molecule has 1 saturated heterocycles. The Hall–Kier alpha value is -1.20. The molecule has 0 aliphatic carbocycles. The number of carbonyl (C=O) groups is 1. The van der Waals surface area contributed by atoms with Crippen LogP contribution in [0.1, 0.15) is 28.8 Å². The van der Waals surface area contributed by atoms with Gasteiger partial charge in [-0.25, -0.2) is 8.42 Å². The Balaban J connectivity index is 1.86. The first-order valence-corrected chi connectivity index (χ1v) is 8.81. The highest BCUT2D eigenvalue weighted by Crippen LogP contribution is 2.09. The largest absolute Gasteiger partial charge is 0.302 e. The first kappa shape index (κ1) is 15.2. The maximum atomic E-state index is 12.1. The molecule has 0 saturated carbocycles. The van der Waals surface area contributed by atoms with E-state index in [9.17, 15) is 13.2 Å². The van der Waals surface area contributed by atoms with E-state index in [1.165, 1.54) is 0 Å². The number of benzene rings is 1. The van der Waals surface area contributed by atoms with Crippen LogP contribution < -0.4 is 0 Å². The van der Waals surface area contributed by atoms with Crippen LogP contribution in [0.4, 0.5) is 0 Å². The lowest BCUT2D eigenvalue weighted by atomic mass is 10.1. The highest BCUT2D eigenvalue weighted by Gasteiger charge is 2.19. The van der Waals surface area contributed by atoms with Crippen LogP contribution in [-0.4, -0.2) is 50.2 Å². The molecule has 0 radical (unpaired) electrons. The molecule has 0 spiro atoms. The molecule has 1 aliphatic heterocycles. The number of sulfone groups is 1. The Labute approximate surface area is 120 Å². The molecule has 0 unspecified atom stereocenters. The molecule has 110 valence electrons. The summed E-state index contributed by atoms with van der Waals surface area (Å²) in [4.78, 5) is 14.1.